The lowest BCUT2D eigenvalue weighted by Gasteiger charge is -2.44. The number of ether oxygens (including phenoxy) is 2. The summed E-state index contributed by atoms with van der Waals surface area (Å²) in [5.74, 6) is -0.793. The molecule has 1 aromatic heterocycles. The number of thioether (sulfide) groups is 1. The van der Waals surface area contributed by atoms with Crippen molar-refractivity contribution >= 4 is 28.9 Å². The summed E-state index contributed by atoms with van der Waals surface area (Å²) in [6, 6.07) is 13.3. The van der Waals surface area contributed by atoms with E-state index in [1.807, 2.05) is 0 Å². The Balaban J connectivity index is 1.73. The lowest BCUT2D eigenvalue weighted by Crippen LogP contribution is -2.63. The normalized spacial score (nSPS) is 24.7. The number of piperazine rings is 1. The Morgan fingerprint density at radius 2 is 2.00 bits per heavy atom. The lowest BCUT2D eigenvalue weighted by molar-refractivity contribution is -0.156. The number of likely N-dealkylation sites (N-methyl/N-ethyl adjacent to an activating group) is 1. The highest BCUT2D eigenvalue weighted by Crippen LogP contribution is 2.54. The largest absolute Gasteiger partial charge is 0.481 e. The smallest absolute Gasteiger partial charge is 0.375 e. The first-order valence-electron chi connectivity index (χ1n) is 9.83. The van der Waals surface area contributed by atoms with Gasteiger partial charge < -0.3 is 19.3 Å². The molecule has 3 heterocycles. The number of para-hydroxylation sites is 1. The van der Waals surface area contributed by atoms with Crippen LogP contribution in [0.5, 0.6) is 11.6 Å². The Bertz CT molecular complexity index is 1090. The minimum atomic E-state index is -1.58. The summed E-state index contributed by atoms with van der Waals surface area (Å²) in [5.41, 5.74) is 0.585. The summed E-state index contributed by atoms with van der Waals surface area (Å²) in [6.07, 6.45) is 1.51. The highest BCUT2D eigenvalue weighted by Gasteiger charge is 2.63. The van der Waals surface area contributed by atoms with Gasteiger partial charge in [-0.25, -0.2) is 9.78 Å². The summed E-state index contributed by atoms with van der Waals surface area (Å²) >= 11 is 0.631. The van der Waals surface area contributed by atoms with Gasteiger partial charge in [0.25, 0.3) is 5.91 Å². The number of fused-ring (bicyclic) bond motifs is 1. The van der Waals surface area contributed by atoms with Crippen molar-refractivity contribution in [3.63, 3.8) is 0 Å². The van der Waals surface area contributed by atoms with Crippen LogP contribution in [0, 0.1) is 17.2 Å². The van der Waals surface area contributed by atoms with Crippen molar-refractivity contribution in [3.8, 4) is 17.7 Å². The van der Waals surface area contributed by atoms with Crippen LogP contribution in [0.3, 0.4) is 0 Å². The van der Waals surface area contributed by atoms with E-state index in [4.69, 9.17) is 9.47 Å². The van der Waals surface area contributed by atoms with E-state index in [-0.39, 0.29) is 18.9 Å². The van der Waals surface area contributed by atoms with Gasteiger partial charge in [-0.3, -0.25) is 9.59 Å². The minimum absolute atomic E-state index is 0.0103. The van der Waals surface area contributed by atoms with Crippen molar-refractivity contribution in [2.75, 3.05) is 20.7 Å². The first kappa shape index (κ1) is 21.6. The summed E-state index contributed by atoms with van der Waals surface area (Å²) < 4.78 is 10.5. The molecule has 0 N–H and O–H groups in total. The van der Waals surface area contributed by atoms with Crippen LogP contribution >= 0.6 is 11.8 Å². The number of methoxy groups -OCH3 is 1. The molecule has 1 unspecified atom stereocenters. The monoisotopic (exact) mass is 452 g/mol. The number of aromatic nitrogens is 1. The highest BCUT2D eigenvalue weighted by atomic mass is 32.2. The summed E-state index contributed by atoms with van der Waals surface area (Å²) in [4.78, 5) is 44.6. The van der Waals surface area contributed by atoms with Crippen molar-refractivity contribution < 1.29 is 23.9 Å². The quantitative estimate of drug-likeness (QED) is 0.651. The lowest BCUT2D eigenvalue weighted by atomic mass is 9.95. The Hall–Kier alpha value is -3.58. The Morgan fingerprint density at radius 1 is 1.25 bits per heavy atom. The molecule has 32 heavy (non-hydrogen) atoms. The van der Waals surface area contributed by atoms with Crippen LogP contribution in [0.15, 0.2) is 48.7 Å². The maximum absolute atomic E-state index is 13.4. The number of pyridine rings is 1. The zero-order valence-corrected chi connectivity index (χ0v) is 18.2. The number of hydrogen-bond donors (Lipinski definition) is 0. The van der Waals surface area contributed by atoms with Gasteiger partial charge in [0.05, 0.1) is 31.7 Å². The minimum Gasteiger partial charge on any atom is -0.481 e. The molecule has 2 aromatic rings. The first-order valence-corrected chi connectivity index (χ1v) is 10.6. The zero-order valence-electron chi connectivity index (χ0n) is 17.4. The van der Waals surface area contributed by atoms with Crippen LogP contribution in [0.2, 0.25) is 0 Å². The fourth-order valence-electron chi connectivity index (χ4n) is 4.17. The average Bonchev–Trinajstić information content (AvgIpc) is 3.14. The van der Waals surface area contributed by atoms with Gasteiger partial charge in [-0.2, -0.15) is 5.26 Å². The second-order valence-electron chi connectivity index (χ2n) is 7.49. The maximum atomic E-state index is 13.4. The number of rotatable bonds is 4. The van der Waals surface area contributed by atoms with E-state index in [0.29, 0.717) is 29.0 Å². The molecule has 164 valence electrons. The van der Waals surface area contributed by atoms with Crippen LogP contribution in [0.4, 0.5) is 4.79 Å². The van der Waals surface area contributed by atoms with Gasteiger partial charge in [0, 0.05) is 25.7 Å². The standard InChI is InChI=1S/C22H20N4O5S/c1-25-13-18(27)26-19(14-8-9-17(30-2)24-12-14)15(11-23)10-22(26,20(25)28)32-21(29)31-16-6-4-3-5-7-16/h3-9,12,15,19H,10,13H2,1-2H3/t15?,19-,22-/m0/s1. The molecule has 2 amide bonds. The van der Waals surface area contributed by atoms with Crippen LogP contribution in [0.1, 0.15) is 18.0 Å². The molecule has 2 aliphatic rings. The third-order valence-corrected chi connectivity index (χ3v) is 6.66. The average molecular weight is 452 g/mol. The van der Waals surface area contributed by atoms with Crippen LogP contribution in [0.25, 0.3) is 0 Å². The summed E-state index contributed by atoms with van der Waals surface area (Å²) in [7, 11) is 2.99. The molecule has 2 saturated heterocycles. The Labute approximate surface area is 188 Å². The van der Waals surface area contributed by atoms with Gasteiger partial charge in [0.1, 0.15) is 5.75 Å². The number of carbonyl (C=O) groups is 3. The molecule has 10 heteroatoms. The van der Waals surface area contributed by atoms with Gasteiger partial charge >= 0.3 is 5.30 Å². The van der Waals surface area contributed by atoms with E-state index in [9.17, 15) is 19.6 Å². The van der Waals surface area contributed by atoms with Crippen molar-refractivity contribution in [1.29, 1.82) is 5.26 Å². The third kappa shape index (κ3) is 3.65. The molecule has 9 nitrogen and oxygen atoms in total. The van der Waals surface area contributed by atoms with Crippen molar-refractivity contribution in [3.05, 3.63) is 54.2 Å². The van der Waals surface area contributed by atoms with E-state index < -0.39 is 28.0 Å². The number of nitriles is 1. The number of carbonyl (C=O) groups excluding carboxylic acids is 3. The third-order valence-electron chi connectivity index (χ3n) is 5.54. The van der Waals surface area contributed by atoms with Crippen LogP contribution in [-0.4, -0.2) is 57.5 Å². The molecule has 0 bridgehead atoms. The van der Waals surface area contributed by atoms with Crippen molar-refractivity contribution in [2.24, 2.45) is 5.92 Å². The molecule has 1 aromatic carbocycles. The van der Waals surface area contributed by atoms with E-state index in [1.165, 1.54) is 30.2 Å². The van der Waals surface area contributed by atoms with E-state index in [1.54, 1.807) is 42.5 Å². The summed E-state index contributed by atoms with van der Waals surface area (Å²) in [5, 5.41) is 9.15. The maximum Gasteiger partial charge on any atom is 0.375 e. The van der Waals surface area contributed by atoms with Crippen molar-refractivity contribution in [1.82, 2.24) is 14.8 Å². The predicted molar refractivity (Wildman–Crippen MR) is 115 cm³/mol. The number of benzene rings is 1. The van der Waals surface area contributed by atoms with Gasteiger partial charge in [-0.05, 0) is 29.5 Å². The van der Waals surface area contributed by atoms with Gasteiger partial charge in [-0.1, -0.05) is 24.3 Å². The van der Waals surface area contributed by atoms with E-state index in [2.05, 4.69) is 11.1 Å². The molecular formula is C22H20N4O5S. The molecular weight excluding hydrogens is 432 g/mol. The fraction of sp³-hybridized carbons (Fsp3) is 0.318. The summed E-state index contributed by atoms with van der Waals surface area (Å²) in [6.45, 7) is -0.146. The van der Waals surface area contributed by atoms with Crippen LogP contribution < -0.4 is 9.47 Å². The topological polar surface area (TPSA) is 113 Å². The first-order chi connectivity index (χ1) is 15.4. The van der Waals surface area contributed by atoms with Crippen LogP contribution in [-0.2, 0) is 9.59 Å². The van der Waals surface area contributed by atoms with Gasteiger partial charge in [0.15, 0.2) is 4.87 Å². The van der Waals surface area contributed by atoms with E-state index >= 15 is 0 Å². The van der Waals surface area contributed by atoms with Gasteiger partial charge in [-0.15, -0.1) is 0 Å². The predicted octanol–water partition coefficient (Wildman–Crippen LogP) is 2.60. The van der Waals surface area contributed by atoms with Gasteiger partial charge in [0.2, 0.25) is 11.8 Å². The molecule has 0 spiro atoms. The Kier molecular flexibility index (Phi) is 5.76. The molecule has 0 saturated carbocycles. The van der Waals surface area contributed by atoms with E-state index in [0.717, 1.165) is 0 Å². The SMILES string of the molecule is COc1ccc([C@H]2C(C#N)C[C@]3(SC(=O)Oc4ccccc4)C(=O)N(C)CC(=O)N23)cn1. The second kappa shape index (κ2) is 8.51. The highest BCUT2D eigenvalue weighted by molar-refractivity contribution is 8.15. The number of hydrogen-bond acceptors (Lipinski definition) is 8. The molecule has 4 rings (SSSR count). The number of amides is 2. The number of nitrogens with zero attached hydrogens (tertiary/aromatic N) is 4. The zero-order chi connectivity index (χ0) is 22.9. The Morgan fingerprint density at radius 3 is 2.62 bits per heavy atom. The molecule has 2 aliphatic heterocycles. The molecule has 0 aliphatic carbocycles. The molecule has 0 radical (unpaired) electrons. The second-order valence-corrected chi connectivity index (χ2v) is 8.71. The molecule has 2 fully saturated rings. The molecule has 3 atom stereocenters. The van der Waals surface area contributed by atoms with Crippen molar-refractivity contribution in [2.45, 2.75) is 17.3 Å². The fourth-order valence-corrected chi connectivity index (χ4v) is 5.41.